The van der Waals surface area contributed by atoms with E-state index >= 15 is 0 Å². The molecule has 0 N–H and O–H groups in total. The molecule has 0 radical (unpaired) electrons. The van der Waals surface area contributed by atoms with Crippen LogP contribution in [0.2, 0.25) is 0 Å². The molecule has 0 unspecified atom stereocenters. The highest BCUT2D eigenvalue weighted by Crippen LogP contribution is 2.44. The van der Waals surface area contributed by atoms with Crippen LogP contribution in [0.3, 0.4) is 0 Å². The lowest BCUT2D eigenvalue weighted by Gasteiger charge is -2.20. The predicted molar refractivity (Wildman–Crippen MR) is 144 cm³/mol. The Morgan fingerprint density at radius 3 is 1.54 bits per heavy atom. The first-order valence-corrected chi connectivity index (χ1v) is 12.1. The van der Waals surface area contributed by atoms with Crippen molar-refractivity contribution < 1.29 is 0 Å². The number of hydrogen-bond donors (Lipinski definition) is 0. The third-order valence-electron chi connectivity index (χ3n) is 7.31. The third-order valence-corrected chi connectivity index (χ3v) is 7.31. The summed E-state index contributed by atoms with van der Waals surface area (Å²) in [5.74, 6) is 0.802. The van der Waals surface area contributed by atoms with Crippen molar-refractivity contribution in [3.05, 3.63) is 89.0 Å². The van der Waals surface area contributed by atoms with E-state index in [1.807, 2.05) is 24.3 Å². The Morgan fingerprint density at radius 2 is 1.11 bits per heavy atom. The Hall–Kier alpha value is -4.34. The molecule has 0 saturated carbocycles. The van der Waals surface area contributed by atoms with Crippen LogP contribution in [-0.2, 0) is 0 Å². The number of nitriles is 2. The minimum Gasteiger partial charge on any atom is -0.308 e. The van der Waals surface area contributed by atoms with E-state index in [4.69, 9.17) is 0 Å². The normalized spacial score (nSPS) is 11.9. The summed E-state index contributed by atoms with van der Waals surface area (Å²) in [5.41, 5.74) is 9.70. The lowest BCUT2D eigenvalue weighted by Crippen LogP contribution is -1.99. The fourth-order valence-electron chi connectivity index (χ4n) is 5.71. The van der Waals surface area contributed by atoms with Gasteiger partial charge in [0, 0.05) is 21.5 Å². The van der Waals surface area contributed by atoms with Gasteiger partial charge in [-0.2, -0.15) is 10.5 Å². The lowest BCUT2D eigenvalue weighted by molar-refractivity contribution is 0.838. The predicted octanol–water partition coefficient (Wildman–Crippen LogP) is 8.49. The molecule has 6 aromatic rings. The number of aromatic nitrogens is 1. The average Bonchev–Trinajstić information content (AvgIpc) is 3.38. The summed E-state index contributed by atoms with van der Waals surface area (Å²) >= 11 is 0. The van der Waals surface area contributed by atoms with E-state index in [-0.39, 0.29) is 0 Å². The molecule has 3 heteroatoms. The van der Waals surface area contributed by atoms with Gasteiger partial charge in [0.15, 0.2) is 0 Å². The topological polar surface area (TPSA) is 52.0 Å². The first-order valence-electron chi connectivity index (χ1n) is 12.1. The molecule has 35 heavy (non-hydrogen) atoms. The van der Waals surface area contributed by atoms with Crippen molar-refractivity contribution in [2.45, 2.75) is 39.5 Å². The molecule has 0 atom stereocenters. The molecule has 3 nitrogen and oxygen atoms in total. The molecule has 0 saturated heterocycles. The molecular formula is C32H25N3. The summed E-state index contributed by atoms with van der Waals surface area (Å²) < 4.78 is 2.23. The Labute approximate surface area is 204 Å². The van der Waals surface area contributed by atoms with Crippen molar-refractivity contribution >= 4 is 38.1 Å². The molecule has 0 aliphatic carbocycles. The summed E-state index contributed by atoms with van der Waals surface area (Å²) in [4.78, 5) is 0. The molecule has 4 aromatic carbocycles. The molecule has 2 aromatic heterocycles. The molecule has 6 rings (SSSR count). The second kappa shape index (κ2) is 7.59. The van der Waals surface area contributed by atoms with E-state index in [0.717, 1.165) is 27.3 Å². The Bertz CT molecular complexity index is 1740. The zero-order valence-electron chi connectivity index (χ0n) is 20.3. The number of rotatable bonds is 3. The molecular weight excluding hydrogens is 426 g/mol. The van der Waals surface area contributed by atoms with Gasteiger partial charge in [0.05, 0.1) is 39.8 Å². The number of hydrogen-bond acceptors (Lipinski definition) is 2. The largest absolute Gasteiger partial charge is 0.308 e. The Balaban J connectivity index is 1.84. The van der Waals surface area contributed by atoms with Gasteiger partial charge in [0.25, 0.3) is 0 Å². The molecule has 0 bridgehead atoms. The average molecular weight is 452 g/mol. The molecule has 0 fully saturated rings. The number of nitrogens with zero attached hydrogens (tertiary/aromatic N) is 3. The van der Waals surface area contributed by atoms with Crippen molar-refractivity contribution in [1.29, 1.82) is 10.5 Å². The van der Waals surface area contributed by atoms with Crippen molar-refractivity contribution in [3.63, 3.8) is 0 Å². The Morgan fingerprint density at radius 1 is 0.629 bits per heavy atom. The summed E-state index contributed by atoms with van der Waals surface area (Å²) in [6.45, 7) is 9.03. The first kappa shape index (κ1) is 21.2. The van der Waals surface area contributed by atoms with E-state index in [9.17, 15) is 10.5 Å². The van der Waals surface area contributed by atoms with Crippen molar-refractivity contribution in [2.75, 3.05) is 0 Å². The van der Waals surface area contributed by atoms with Gasteiger partial charge in [0.1, 0.15) is 0 Å². The smallest absolute Gasteiger partial charge is 0.0992 e. The maximum Gasteiger partial charge on any atom is 0.0992 e. The van der Waals surface area contributed by atoms with Crippen molar-refractivity contribution in [1.82, 2.24) is 4.40 Å². The van der Waals surface area contributed by atoms with Gasteiger partial charge >= 0.3 is 0 Å². The highest BCUT2D eigenvalue weighted by molar-refractivity contribution is 6.24. The van der Waals surface area contributed by atoms with Crippen LogP contribution in [0.5, 0.6) is 0 Å². The summed E-state index contributed by atoms with van der Waals surface area (Å²) in [6.07, 6.45) is 0. The molecule has 0 aliphatic rings. The zero-order chi connectivity index (χ0) is 24.4. The summed E-state index contributed by atoms with van der Waals surface area (Å²) in [6, 6.07) is 27.8. The van der Waals surface area contributed by atoms with E-state index in [1.54, 1.807) is 0 Å². The van der Waals surface area contributed by atoms with E-state index in [1.165, 1.54) is 33.0 Å². The van der Waals surface area contributed by atoms with Crippen LogP contribution in [0.25, 0.3) is 49.2 Å². The standard InChI is InChI=1S/C32H25N3/c1-18(2)23-6-5-7-24(19(3)4)31(23)22-14-27-25-10-8-20(16-33)12-29(25)35-30-13-21(17-34)9-11-26(30)28(15-22)32(27)35/h5-15,18-19H,1-4H3. The highest BCUT2D eigenvalue weighted by Gasteiger charge is 2.22. The van der Waals surface area contributed by atoms with Crippen molar-refractivity contribution in [2.24, 2.45) is 0 Å². The minimum absolute atomic E-state index is 0.401. The first-order chi connectivity index (χ1) is 16.9. The SMILES string of the molecule is CC(C)c1cccc(C(C)C)c1-c1cc2c3ccc(C#N)cc3n3c4cc(C#N)ccc4c(c1)c23. The number of benzene rings is 4. The van der Waals surface area contributed by atoms with Gasteiger partial charge in [-0.3, -0.25) is 0 Å². The molecule has 0 amide bonds. The van der Waals surface area contributed by atoms with Crippen LogP contribution >= 0.6 is 0 Å². The van der Waals surface area contributed by atoms with E-state index < -0.39 is 0 Å². The second-order valence-corrected chi connectivity index (χ2v) is 10.1. The van der Waals surface area contributed by atoms with Gasteiger partial charge in [-0.15, -0.1) is 0 Å². The molecule has 2 heterocycles. The molecule has 0 spiro atoms. The summed E-state index contributed by atoms with van der Waals surface area (Å²) in [7, 11) is 0. The van der Waals surface area contributed by atoms with Crippen LogP contribution in [0, 0.1) is 22.7 Å². The molecule has 168 valence electrons. The molecule has 0 aliphatic heterocycles. The quantitative estimate of drug-likeness (QED) is 0.271. The number of fused-ring (bicyclic) bond motifs is 6. The zero-order valence-corrected chi connectivity index (χ0v) is 20.3. The van der Waals surface area contributed by atoms with Gasteiger partial charge in [-0.1, -0.05) is 58.0 Å². The van der Waals surface area contributed by atoms with Crippen LogP contribution in [0.1, 0.15) is 61.8 Å². The lowest BCUT2D eigenvalue weighted by atomic mass is 9.84. The fraction of sp³-hybridized carbons (Fsp3) is 0.188. The van der Waals surface area contributed by atoms with E-state index in [2.05, 4.69) is 86.7 Å². The van der Waals surface area contributed by atoms with Crippen LogP contribution in [0.4, 0.5) is 0 Å². The third kappa shape index (κ3) is 2.95. The van der Waals surface area contributed by atoms with Crippen LogP contribution in [-0.4, -0.2) is 4.40 Å². The second-order valence-electron chi connectivity index (χ2n) is 10.1. The summed E-state index contributed by atoms with van der Waals surface area (Å²) in [5, 5.41) is 23.8. The highest BCUT2D eigenvalue weighted by atomic mass is 14.9. The van der Waals surface area contributed by atoms with Gasteiger partial charge in [-0.25, -0.2) is 0 Å². The fourth-order valence-corrected chi connectivity index (χ4v) is 5.71. The monoisotopic (exact) mass is 451 g/mol. The maximum absolute atomic E-state index is 9.58. The van der Waals surface area contributed by atoms with Crippen LogP contribution < -0.4 is 0 Å². The van der Waals surface area contributed by atoms with Gasteiger partial charge < -0.3 is 4.40 Å². The Kier molecular flexibility index (Phi) is 4.60. The van der Waals surface area contributed by atoms with E-state index in [0.29, 0.717) is 23.0 Å². The minimum atomic E-state index is 0.401. The van der Waals surface area contributed by atoms with Gasteiger partial charge in [-0.05, 0) is 70.5 Å². The maximum atomic E-state index is 9.58. The van der Waals surface area contributed by atoms with Crippen molar-refractivity contribution in [3.8, 4) is 23.3 Å². The van der Waals surface area contributed by atoms with Crippen LogP contribution in [0.15, 0.2) is 66.7 Å². The van der Waals surface area contributed by atoms with Gasteiger partial charge in [0.2, 0.25) is 0 Å².